The van der Waals surface area contributed by atoms with Gasteiger partial charge in [0.2, 0.25) is 0 Å². The first-order chi connectivity index (χ1) is 8.20. The highest BCUT2D eigenvalue weighted by Crippen LogP contribution is 2.36. The van der Waals surface area contributed by atoms with E-state index in [0.29, 0.717) is 6.10 Å². The van der Waals surface area contributed by atoms with Crippen molar-refractivity contribution in [2.24, 2.45) is 11.7 Å². The van der Waals surface area contributed by atoms with Crippen molar-refractivity contribution in [2.45, 2.75) is 57.1 Å². The van der Waals surface area contributed by atoms with Crippen LogP contribution in [0.2, 0.25) is 0 Å². The van der Waals surface area contributed by atoms with Crippen LogP contribution in [0.1, 0.15) is 45.4 Å². The molecule has 1 aliphatic carbocycles. The highest BCUT2D eigenvalue weighted by atomic mass is 16.5. The molecular formula is C14H28N2O. The van der Waals surface area contributed by atoms with Crippen LogP contribution >= 0.6 is 0 Å². The molecule has 0 bridgehead atoms. The number of rotatable bonds is 3. The molecule has 0 aromatic heterocycles. The molecule has 0 atom stereocenters. The lowest BCUT2D eigenvalue weighted by Gasteiger charge is -2.49. The Morgan fingerprint density at radius 3 is 2.24 bits per heavy atom. The van der Waals surface area contributed by atoms with Crippen molar-refractivity contribution >= 4 is 0 Å². The summed E-state index contributed by atoms with van der Waals surface area (Å²) in [5, 5.41) is 0. The second-order valence-corrected chi connectivity index (χ2v) is 6.03. The van der Waals surface area contributed by atoms with Crippen molar-refractivity contribution < 1.29 is 4.74 Å². The van der Waals surface area contributed by atoms with Gasteiger partial charge in [-0.2, -0.15) is 0 Å². The zero-order valence-electron chi connectivity index (χ0n) is 11.5. The quantitative estimate of drug-likeness (QED) is 0.820. The smallest absolute Gasteiger partial charge is 0.0572 e. The third-order valence-corrected chi connectivity index (χ3v) is 5.03. The maximum atomic E-state index is 6.11. The summed E-state index contributed by atoms with van der Waals surface area (Å²) >= 11 is 0. The third kappa shape index (κ3) is 2.83. The van der Waals surface area contributed by atoms with E-state index < -0.39 is 0 Å². The lowest BCUT2D eigenvalue weighted by Crippen LogP contribution is -2.58. The van der Waals surface area contributed by atoms with Gasteiger partial charge in [-0.1, -0.05) is 6.92 Å². The SMILES string of the molecule is COC1CCC(CN)(N2CCC(C)CC2)CC1. The van der Waals surface area contributed by atoms with E-state index in [4.69, 9.17) is 10.5 Å². The van der Waals surface area contributed by atoms with Crippen LogP contribution in [0, 0.1) is 5.92 Å². The highest BCUT2D eigenvalue weighted by molar-refractivity contribution is 4.97. The van der Waals surface area contributed by atoms with Crippen molar-refractivity contribution in [1.82, 2.24) is 4.90 Å². The molecule has 1 saturated heterocycles. The van der Waals surface area contributed by atoms with E-state index >= 15 is 0 Å². The number of hydrogen-bond acceptors (Lipinski definition) is 3. The maximum Gasteiger partial charge on any atom is 0.0572 e. The molecule has 100 valence electrons. The van der Waals surface area contributed by atoms with Crippen molar-refractivity contribution in [3.8, 4) is 0 Å². The summed E-state index contributed by atoms with van der Waals surface area (Å²) in [5.74, 6) is 0.899. The highest BCUT2D eigenvalue weighted by Gasteiger charge is 2.40. The van der Waals surface area contributed by atoms with E-state index in [1.165, 1.54) is 51.6 Å². The Kier molecular flexibility index (Phi) is 4.45. The summed E-state index contributed by atoms with van der Waals surface area (Å²) in [7, 11) is 1.84. The normalized spacial score (nSPS) is 37.2. The fraction of sp³-hybridized carbons (Fsp3) is 1.00. The summed E-state index contributed by atoms with van der Waals surface area (Å²) in [6.07, 6.45) is 7.95. The van der Waals surface area contributed by atoms with E-state index in [1.807, 2.05) is 7.11 Å². The summed E-state index contributed by atoms with van der Waals surface area (Å²) in [4.78, 5) is 2.68. The number of likely N-dealkylation sites (tertiary alicyclic amines) is 1. The number of piperidine rings is 1. The first-order valence-corrected chi connectivity index (χ1v) is 7.18. The molecule has 0 aromatic rings. The van der Waals surface area contributed by atoms with Gasteiger partial charge in [-0.25, -0.2) is 0 Å². The van der Waals surface area contributed by atoms with Crippen LogP contribution in [0.5, 0.6) is 0 Å². The Bertz CT molecular complexity index is 228. The Labute approximate surface area is 106 Å². The van der Waals surface area contributed by atoms with Crippen LogP contribution in [0.4, 0.5) is 0 Å². The first-order valence-electron chi connectivity index (χ1n) is 7.18. The summed E-state index contributed by atoms with van der Waals surface area (Å²) < 4.78 is 5.47. The fourth-order valence-corrected chi connectivity index (χ4v) is 3.50. The van der Waals surface area contributed by atoms with Crippen molar-refractivity contribution in [3.63, 3.8) is 0 Å². The number of methoxy groups -OCH3 is 1. The van der Waals surface area contributed by atoms with Gasteiger partial charge < -0.3 is 10.5 Å². The molecule has 1 aliphatic heterocycles. The predicted molar refractivity (Wildman–Crippen MR) is 71.0 cm³/mol. The van der Waals surface area contributed by atoms with E-state index in [1.54, 1.807) is 0 Å². The Morgan fingerprint density at radius 1 is 1.18 bits per heavy atom. The molecule has 1 heterocycles. The lowest BCUT2D eigenvalue weighted by atomic mass is 9.77. The molecule has 0 amide bonds. The maximum absolute atomic E-state index is 6.11. The van der Waals surface area contributed by atoms with Crippen LogP contribution in [0.25, 0.3) is 0 Å². The van der Waals surface area contributed by atoms with E-state index in [-0.39, 0.29) is 5.54 Å². The van der Waals surface area contributed by atoms with Gasteiger partial charge in [0, 0.05) is 19.2 Å². The Balaban J connectivity index is 1.95. The topological polar surface area (TPSA) is 38.5 Å². The molecule has 0 aromatic carbocycles. The molecule has 2 aliphatic rings. The van der Waals surface area contributed by atoms with Gasteiger partial charge in [0.1, 0.15) is 0 Å². The number of nitrogens with zero attached hydrogens (tertiary/aromatic N) is 1. The van der Waals surface area contributed by atoms with Crippen LogP contribution in [-0.2, 0) is 4.74 Å². The molecule has 0 spiro atoms. The zero-order valence-corrected chi connectivity index (χ0v) is 11.5. The molecule has 2 rings (SSSR count). The second kappa shape index (κ2) is 5.68. The van der Waals surface area contributed by atoms with Crippen LogP contribution in [0.3, 0.4) is 0 Å². The molecule has 1 saturated carbocycles. The van der Waals surface area contributed by atoms with Gasteiger partial charge in [-0.3, -0.25) is 4.90 Å². The van der Waals surface area contributed by atoms with Crippen LogP contribution in [0.15, 0.2) is 0 Å². The monoisotopic (exact) mass is 240 g/mol. The van der Waals surface area contributed by atoms with Gasteiger partial charge in [0.25, 0.3) is 0 Å². The second-order valence-electron chi connectivity index (χ2n) is 6.03. The van der Waals surface area contributed by atoms with Crippen molar-refractivity contribution in [1.29, 1.82) is 0 Å². The Morgan fingerprint density at radius 2 is 1.76 bits per heavy atom. The number of ether oxygens (including phenoxy) is 1. The molecular weight excluding hydrogens is 212 g/mol. The largest absolute Gasteiger partial charge is 0.381 e. The average molecular weight is 240 g/mol. The molecule has 2 fully saturated rings. The summed E-state index contributed by atoms with van der Waals surface area (Å²) in [6.45, 7) is 5.68. The van der Waals surface area contributed by atoms with Gasteiger partial charge in [-0.05, 0) is 57.5 Å². The van der Waals surface area contributed by atoms with Gasteiger partial charge in [0.15, 0.2) is 0 Å². The van der Waals surface area contributed by atoms with E-state index in [2.05, 4.69) is 11.8 Å². The zero-order chi connectivity index (χ0) is 12.3. The molecule has 3 heteroatoms. The minimum absolute atomic E-state index is 0.287. The van der Waals surface area contributed by atoms with Crippen LogP contribution in [-0.4, -0.2) is 43.3 Å². The molecule has 2 N–H and O–H groups in total. The molecule has 17 heavy (non-hydrogen) atoms. The number of hydrogen-bond donors (Lipinski definition) is 1. The third-order valence-electron chi connectivity index (χ3n) is 5.03. The van der Waals surface area contributed by atoms with E-state index in [9.17, 15) is 0 Å². The van der Waals surface area contributed by atoms with Gasteiger partial charge in [-0.15, -0.1) is 0 Å². The van der Waals surface area contributed by atoms with Crippen molar-refractivity contribution in [3.05, 3.63) is 0 Å². The number of nitrogens with two attached hydrogens (primary N) is 1. The fourth-order valence-electron chi connectivity index (χ4n) is 3.50. The standard InChI is InChI=1S/C14H28N2O/c1-12-5-9-16(10-6-12)14(11-15)7-3-13(17-2)4-8-14/h12-13H,3-11,15H2,1-2H3. The summed E-state index contributed by atoms with van der Waals surface area (Å²) in [5.41, 5.74) is 6.40. The average Bonchev–Trinajstić information content (AvgIpc) is 2.40. The molecule has 0 radical (unpaired) electrons. The minimum Gasteiger partial charge on any atom is -0.381 e. The Hall–Kier alpha value is -0.120. The first kappa shape index (κ1) is 13.3. The molecule has 0 unspecified atom stereocenters. The lowest BCUT2D eigenvalue weighted by molar-refractivity contribution is -0.0192. The molecule has 3 nitrogen and oxygen atoms in total. The van der Waals surface area contributed by atoms with Gasteiger partial charge in [0.05, 0.1) is 6.10 Å². The van der Waals surface area contributed by atoms with Gasteiger partial charge >= 0.3 is 0 Å². The van der Waals surface area contributed by atoms with Crippen molar-refractivity contribution in [2.75, 3.05) is 26.7 Å². The van der Waals surface area contributed by atoms with Crippen LogP contribution < -0.4 is 5.73 Å². The predicted octanol–water partition coefficient (Wildman–Crippen LogP) is 2.00. The minimum atomic E-state index is 0.287. The van der Waals surface area contributed by atoms with E-state index in [0.717, 1.165) is 12.5 Å². The summed E-state index contributed by atoms with van der Waals surface area (Å²) in [6, 6.07) is 0.